The maximum Gasteiger partial charge on any atom is 0.251 e. The average molecular weight is 388 g/mol. The molecule has 0 spiro atoms. The zero-order valence-electron chi connectivity index (χ0n) is 16.4. The zero-order chi connectivity index (χ0) is 20.1. The van der Waals surface area contributed by atoms with Crippen molar-refractivity contribution in [2.45, 2.75) is 25.9 Å². The molecule has 1 N–H and O–H groups in total. The third kappa shape index (κ3) is 5.09. The number of fused-ring (bicyclic) bond motifs is 1. The van der Waals surface area contributed by atoms with E-state index in [9.17, 15) is 9.18 Å². The number of nitrogens with zero attached hydrogens (tertiary/aromatic N) is 1. The van der Waals surface area contributed by atoms with Gasteiger partial charge in [0.15, 0.2) is 0 Å². The van der Waals surface area contributed by atoms with Gasteiger partial charge in [-0.1, -0.05) is 48.5 Å². The van der Waals surface area contributed by atoms with Gasteiger partial charge >= 0.3 is 0 Å². The molecule has 0 unspecified atom stereocenters. The Kier molecular flexibility index (Phi) is 6.01. The summed E-state index contributed by atoms with van der Waals surface area (Å²) in [5, 5.41) is 2.93. The molecule has 0 fully saturated rings. The van der Waals surface area contributed by atoms with Gasteiger partial charge in [0.1, 0.15) is 5.82 Å². The molecule has 0 radical (unpaired) electrons. The summed E-state index contributed by atoms with van der Waals surface area (Å²) < 4.78 is 12.9. The van der Waals surface area contributed by atoms with Crippen molar-refractivity contribution in [2.24, 2.45) is 0 Å². The smallest absolute Gasteiger partial charge is 0.251 e. The molecule has 29 heavy (non-hydrogen) atoms. The second-order valence-electron chi connectivity index (χ2n) is 7.56. The molecule has 3 aromatic carbocycles. The number of amides is 1. The van der Waals surface area contributed by atoms with Crippen LogP contribution in [0.5, 0.6) is 0 Å². The lowest BCUT2D eigenvalue weighted by atomic mass is 9.99. The van der Waals surface area contributed by atoms with Crippen LogP contribution in [0.15, 0.2) is 72.8 Å². The lowest BCUT2D eigenvalue weighted by molar-refractivity contribution is 0.0954. The molecule has 0 atom stereocenters. The summed E-state index contributed by atoms with van der Waals surface area (Å²) in [5.41, 5.74) is 5.75. The zero-order valence-corrected chi connectivity index (χ0v) is 16.4. The maximum atomic E-state index is 12.9. The summed E-state index contributed by atoms with van der Waals surface area (Å²) in [5.74, 6) is -0.322. The summed E-state index contributed by atoms with van der Waals surface area (Å²) in [7, 11) is 0. The molecule has 4 heteroatoms. The maximum absolute atomic E-state index is 12.9. The van der Waals surface area contributed by atoms with E-state index in [1.807, 2.05) is 24.3 Å². The number of hydrogen-bond acceptors (Lipinski definition) is 2. The van der Waals surface area contributed by atoms with Gasteiger partial charge in [-0.15, -0.1) is 0 Å². The quantitative estimate of drug-likeness (QED) is 0.681. The van der Waals surface area contributed by atoms with E-state index in [4.69, 9.17) is 0 Å². The van der Waals surface area contributed by atoms with Gasteiger partial charge in [0.05, 0.1) is 0 Å². The van der Waals surface area contributed by atoms with Gasteiger partial charge < -0.3 is 5.32 Å². The molecule has 0 saturated carbocycles. The lowest BCUT2D eigenvalue weighted by Crippen LogP contribution is -2.30. The van der Waals surface area contributed by atoms with Gasteiger partial charge in [0.25, 0.3) is 5.91 Å². The molecule has 0 bridgehead atoms. The standard InChI is InChI=1S/C25H25FN2O/c26-24-11-7-19(8-12-24)13-15-27-25(29)22-9-5-20(6-10-22)17-28-16-14-21-3-1-2-4-23(21)18-28/h1-12H,13-18H2,(H,27,29). The van der Waals surface area contributed by atoms with E-state index >= 15 is 0 Å². The number of carbonyl (C=O) groups excluding carboxylic acids is 1. The lowest BCUT2D eigenvalue weighted by Gasteiger charge is -2.28. The van der Waals surface area contributed by atoms with Crippen LogP contribution in [0.3, 0.4) is 0 Å². The third-order valence-electron chi connectivity index (χ3n) is 5.44. The molecule has 3 aromatic rings. The van der Waals surface area contributed by atoms with Crippen LogP contribution in [0.1, 0.15) is 32.6 Å². The summed E-state index contributed by atoms with van der Waals surface area (Å²) in [4.78, 5) is 14.8. The monoisotopic (exact) mass is 388 g/mol. The van der Waals surface area contributed by atoms with Gasteiger partial charge in [-0.3, -0.25) is 9.69 Å². The van der Waals surface area contributed by atoms with Crippen LogP contribution >= 0.6 is 0 Å². The average Bonchev–Trinajstić information content (AvgIpc) is 2.75. The molecule has 4 rings (SSSR count). The predicted molar refractivity (Wildman–Crippen MR) is 113 cm³/mol. The Bertz CT molecular complexity index is 967. The highest BCUT2D eigenvalue weighted by Crippen LogP contribution is 2.20. The number of hydrogen-bond donors (Lipinski definition) is 1. The minimum absolute atomic E-state index is 0.0782. The van der Waals surface area contributed by atoms with Gasteiger partial charge in [-0.25, -0.2) is 4.39 Å². The van der Waals surface area contributed by atoms with Crippen molar-refractivity contribution in [1.82, 2.24) is 10.2 Å². The fraction of sp³-hybridized carbons (Fsp3) is 0.240. The first kappa shape index (κ1) is 19.3. The Morgan fingerprint density at radius 1 is 0.897 bits per heavy atom. The van der Waals surface area contributed by atoms with Crippen LogP contribution in [-0.2, 0) is 25.9 Å². The molecule has 1 aliphatic heterocycles. The van der Waals surface area contributed by atoms with Crippen LogP contribution in [-0.4, -0.2) is 23.9 Å². The minimum Gasteiger partial charge on any atom is -0.352 e. The third-order valence-corrected chi connectivity index (χ3v) is 5.44. The summed E-state index contributed by atoms with van der Waals surface area (Å²) >= 11 is 0. The first-order chi connectivity index (χ1) is 14.2. The summed E-state index contributed by atoms with van der Waals surface area (Å²) in [6, 6.07) is 22.9. The second-order valence-corrected chi connectivity index (χ2v) is 7.56. The number of nitrogens with one attached hydrogen (secondary N) is 1. The predicted octanol–water partition coefficient (Wildman–Crippen LogP) is 4.36. The van der Waals surface area contributed by atoms with E-state index in [0.717, 1.165) is 31.6 Å². The van der Waals surface area contributed by atoms with Crippen LogP contribution in [0.2, 0.25) is 0 Å². The number of carbonyl (C=O) groups is 1. The second kappa shape index (κ2) is 9.01. The van der Waals surface area contributed by atoms with Crippen LogP contribution in [0.25, 0.3) is 0 Å². The van der Waals surface area contributed by atoms with Crippen LogP contribution < -0.4 is 5.32 Å². The van der Waals surface area contributed by atoms with Crippen molar-refractivity contribution in [2.75, 3.05) is 13.1 Å². The van der Waals surface area contributed by atoms with Crippen molar-refractivity contribution in [3.63, 3.8) is 0 Å². The van der Waals surface area contributed by atoms with E-state index in [2.05, 4.69) is 34.5 Å². The molecule has 0 aliphatic carbocycles. The van der Waals surface area contributed by atoms with Crippen molar-refractivity contribution >= 4 is 5.91 Å². The minimum atomic E-state index is -0.244. The highest BCUT2D eigenvalue weighted by Gasteiger charge is 2.15. The van der Waals surface area contributed by atoms with E-state index in [-0.39, 0.29) is 11.7 Å². The first-order valence-corrected chi connectivity index (χ1v) is 10.1. The molecule has 1 heterocycles. The van der Waals surface area contributed by atoms with E-state index in [1.165, 1.54) is 28.8 Å². The Morgan fingerprint density at radius 2 is 1.59 bits per heavy atom. The molecular formula is C25H25FN2O. The van der Waals surface area contributed by atoms with Gasteiger partial charge in [0, 0.05) is 31.7 Å². The van der Waals surface area contributed by atoms with Gasteiger partial charge in [-0.05, 0) is 59.4 Å². The van der Waals surface area contributed by atoms with Gasteiger partial charge in [-0.2, -0.15) is 0 Å². The SMILES string of the molecule is O=C(NCCc1ccc(F)cc1)c1ccc(CN2CCc3ccccc3C2)cc1. The van der Waals surface area contributed by atoms with Crippen molar-refractivity contribution < 1.29 is 9.18 Å². The van der Waals surface area contributed by atoms with E-state index < -0.39 is 0 Å². The Hall–Kier alpha value is -2.98. The highest BCUT2D eigenvalue weighted by molar-refractivity contribution is 5.94. The molecule has 0 aromatic heterocycles. The van der Waals surface area contributed by atoms with E-state index in [1.54, 1.807) is 12.1 Å². The number of benzene rings is 3. The molecular weight excluding hydrogens is 363 g/mol. The fourth-order valence-corrected chi connectivity index (χ4v) is 3.78. The number of halogens is 1. The Labute approximate surface area is 171 Å². The fourth-order valence-electron chi connectivity index (χ4n) is 3.78. The molecule has 3 nitrogen and oxygen atoms in total. The van der Waals surface area contributed by atoms with Gasteiger partial charge in [0.2, 0.25) is 0 Å². The van der Waals surface area contributed by atoms with Crippen LogP contribution in [0, 0.1) is 5.82 Å². The largest absolute Gasteiger partial charge is 0.352 e. The molecule has 0 saturated heterocycles. The van der Waals surface area contributed by atoms with Crippen molar-refractivity contribution in [3.05, 3.63) is 106 Å². The summed E-state index contributed by atoms with van der Waals surface area (Å²) in [6.07, 6.45) is 1.77. The Morgan fingerprint density at radius 3 is 2.34 bits per heavy atom. The van der Waals surface area contributed by atoms with E-state index in [0.29, 0.717) is 18.5 Å². The normalized spacial score (nSPS) is 13.7. The molecule has 1 aliphatic rings. The van der Waals surface area contributed by atoms with Crippen molar-refractivity contribution in [3.8, 4) is 0 Å². The van der Waals surface area contributed by atoms with Crippen LogP contribution in [0.4, 0.5) is 4.39 Å². The van der Waals surface area contributed by atoms with Crippen molar-refractivity contribution in [1.29, 1.82) is 0 Å². The number of rotatable bonds is 6. The molecule has 148 valence electrons. The first-order valence-electron chi connectivity index (χ1n) is 10.1. The topological polar surface area (TPSA) is 32.3 Å². The molecule has 1 amide bonds. The highest BCUT2D eigenvalue weighted by atomic mass is 19.1. The summed E-state index contributed by atoms with van der Waals surface area (Å²) in [6.45, 7) is 3.45. The Balaban J connectivity index is 1.27.